The van der Waals surface area contributed by atoms with E-state index in [1.807, 2.05) is 19.1 Å². The lowest BCUT2D eigenvalue weighted by Crippen LogP contribution is -2.19. The Balaban J connectivity index is 1.56. The Morgan fingerprint density at radius 1 is 1.04 bits per heavy atom. The number of carbonyl (C=O) groups is 2. The summed E-state index contributed by atoms with van der Waals surface area (Å²) in [5.41, 5.74) is 4.82. The summed E-state index contributed by atoms with van der Waals surface area (Å²) < 4.78 is 5.33. The van der Waals surface area contributed by atoms with Crippen LogP contribution in [0.4, 0.5) is 0 Å². The predicted octanol–water partition coefficient (Wildman–Crippen LogP) is 2.77. The summed E-state index contributed by atoms with van der Waals surface area (Å²) in [7, 11) is 0. The first-order valence-corrected chi connectivity index (χ1v) is 8.10. The molecule has 1 N–H and O–H groups in total. The monoisotopic (exact) mass is 360 g/mol. The quantitative estimate of drug-likeness (QED) is 0.327. The van der Waals surface area contributed by atoms with Gasteiger partial charge in [-0.05, 0) is 48.9 Å². The van der Waals surface area contributed by atoms with E-state index in [4.69, 9.17) is 4.74 Å². The van der Waals surface area contributed by atoms with E-state index in [-0.39, 0.29) is 5.69 Å². The van der Waals surface area contributed by atoms with Crippen molar-refractivity contribution in [2.24, 2.45) is 5.10 Å². The maximum Gasteiger partial charge on any atom is 0.343 e. The van der Waals surface area contributed by atoms with E-state index < -0.39 is 11.9 Å². The van der Waals surface area contributed by atoms with Crippen LogP contribution in [0, 0.1) is 6.92 Å². The van der Waals surface area contributed by atoms with Crippen molar-refractivity contribution >= 4 is 18.1 Å². The molecule has 7 nitrogen and oxygen atoms in total. The molecule has 0 atom stereocenters. The van der Waals surface area contributed by atoms with Crippen LogP contribution in [0.5, 0.6) is 5.75 Å². The molecule has 3 aromatic rings. The Morgan fingerprint density at radius 2 is 1.78 bits per heavy atom. The van der Waals surface area contributed by atoms with Crippen LogP contribution in [-0.2, 0) is 0 Å². The van der Waals surface area contributed by atoms with Gasteiger partial charge >= 0.3 is 5.97 Å². The molecule has 27 heavy (non-hydrogen) atoms. The molecule has 1 aromatic heterocycles. The van der Waals surface area contributed by atoms with Gasteiger partial charge in [0.2, 0.25) is 0 Å². The molecule has 0 saturated heterocycles. The summed E-state index contributed by atoms with van der Waals surface area (Å²) in [6.07, 6.45) is 5.73. The average Bonchev–Trinajstić information content (AvgIpc) is 2.70. The molecule has 0 bridgehead atoms. The van der Waals surface area contributed by atoms with Gasteiger partial charge in [0.05, 0.1) is 18.0 Å². The van der Waals surface area contributed by atoms with Gasteiger partial charge in [-0.2, -0.15) is 5.10 Å². The first kappa shape index (κ1) is 17.9. The maximum absolute atomic E-state index is 12.1. The Kier molecular flexibility index (Phi) is 5.64. The molecule has 134 valence electrons. The van der Waals surface area contributed by atoms with E-state index >= 15 is 0 Å². The molecule has 0 spiro atoms. The minimum atomic E-state index is -0.456. The third-order valence-electron chi connectivity index (χ3n) is 3.55. The van der Waals surface area contributed by atoms with Crippen LogP contribution in [0.25, 0.3) is 0 Å². The van der Waals surface area contributed by atoms with Crippen LogP contribution in [0.3, 0.4) is 0 Å². The zero-order valence-electron chi connectivity index (χ0n) is 14.5. The number of nitrogens with one attached hydrogen (secondary N) is 1. The second kappa shape index (κ2) is 8.48. The fourth-order valence-corrected chi connectivity index (χ4v) is 2.12. The Bertz CT molecular complexity index is 953. The Hall–Kier alpha value is -3.87. The summed E-state index contributed by atoms with van der Waals surface area (Å²) in [5.74, 6) is -0.461. The van der Waals surface area contributed by atoms with Crippen LogP contribution in [0.2, 0.25) is 0 Å². The smallest absolute Gasteiger partial charge is 0.343 e. The van der Waals surface area contributed by atoms with Crippen molar-refractivity contribution in [3.8, 4) is 5.75 Å². The minimum absolute atomic E-state index is 0.174. The lowest BCUT2D eigenvalue weighted by molar-refractivity contribution is 0.0734. The molecule has 2 aromatic carbocycles. The van der Waals surface area contributed by atoms with E-state index in [1.54, 1.807) is 36.4 Å². The van der Waals surface area contributed by atoms with Gasteiger partial charge in [0.15, 0.2) is 0 Å². The van der Waals surface area contributed by atoms with Crippen molar-refractivity contribution in [3.63, 3.8) is 0 Å². The molecule has 0 radical (unpaired) electrons. The van der Waals surface area contributed by atoms with Gasteiger partial charge in [0, 0.05) is 12.4 Å². The molecular formula is C20H16N4O3. The molecule has 0 fully saturated rings. The van der Waals surface area contributed by atoms with Crippen LogP contribution in [0.1, 0.15) is 32.0 Å². The van der Waals surface area contributed by atoms with E-state index in [2.05, 4.69) is 20.5 Å². The third-order valence-corrected chi connectivity index (χ3v) is 3.55. The van der Waals surface area contributed by atoms with Crippen molar-refractivity contribution in [2.75, 3.05) is 0 Å². The molecule has 1 heterocycles. The normalized spacial score (nSPS) is 10.6. The first-order valence-electron chi connectivity index (χ1n) is 8.10. The number of rotatable bonds is 5. The van der Waals surface area contributed by atoms with Gasteiger partial charge in [-0.3, -0.25) is 9.78 Å². The SMILES string of the molecule is Cc1ccc(C(=O)Oc2ccc(/C=N/NC(=O)c3cnccn3)cc2)cc1. The second-order valence-corrected chi connectivity index (χ2v) is 5.61. The Labute approximate surface area is 155 Å². The van der Waals surface area contributed by atoms with Crippen molar-refractivity contribution in [3.05, 3.63) is 89.5 Å². The summed E-state index contributed by atoms with van der Waals surface area (Å²) in [6, 6.07) is 13.9. The number of esters is 1. The summed E-state index contributed by atoms with van der Waals surface area (Å²) in [6.45, 7) is 1.95. The molecule has 7 heteroatoms. The topological polar surface area (TPSA) is 93.5 Å². The zero-order chi connectivity index (χ0) is 19.1. The molecule has 0 unspecified atom stereocenters. The fraction of sp³-hybridized carbons (Fsp3) is 0.0500. The van der Waals surface area contributed by atoms with Crippen LogP contribution in [0.15, 0.2) is 72.2 Å². The number of aryl methyl sites for hydroxylation is 1. The standard InChI is InChI=1S/C20H16N4O3/c1-14-2-6-16(7-3-14)20(26)27-17-8-4-15(5-9-17)12-23-24-19(25)18-13-21-10-11-22-18/h2-13H,1H3,(H,24,25)/b23-12+. The number of benzene rings is 2. The fourth-order valence-electron chi connectivity index (χ4n) is 2.12. The Morgan fingerprint density at radius 3 is 2.44 bits per heavy atom. The number of aromatic nitrogens is 2. The van der Waals surface area contributed by atoms with Gasteiger partial charge < -0.3 is 4.74 Å². The van der Waals surface area contributed by atoms with Gasteiger partial charge in [-0.15, -0.1) is 0 Å². The van der Waals surface area contributed by atoms with Gasteiger partial charge in [-0.25, -0.2) is 15.2 Å². The molecule has 3 rings (SSSR count). The number of amides is 1. The van der Waals surface area contributed by atoms with E-state index in [0.717, 1.165) is 11.1 Å². The van der Waals surface area contributed by atoms with Crippen molar-refractivity contribution < 1.29 is 14.3 Å². The van der Waals surface area contributed by atoms with Gasteiger partial charge in [0.25, 0.3) is 5.91 Å². The number of hydrogen-bond donors (Lipinski definition) is 1. The molecule has 0 saturated carbocycles. The predicted molar refractivity (Wildman–Crippen MR) is 99.7 cm³/mol. The number of ether oxygens (including phenoxy) is 1. The number of nitrogens with zero attached hydrogens (tertiary/aromatic N) is 3. The molecule has 0 aliphatic carbocycles. The molecule has 1 amide bonds. The van der Waals surface area contributed by atoms with Gasteiger partial charge in [0.1, 0.15) is 11.4 Å². The van der Waals surface area contributed by atoms with Crippen molar-refractivity contribution in [1.82, 2.24) is 15.4 Å². The lowest BCUT2D eigenvalue weighted by Gasteiger charge is -2.05. The van der Waals surface area contributed by atoms with Crippen LogP contribution >= 0.6 is 0 Å². The minimum Gasteiger partial charge on any atom is -0.423 e. The van der Waals surface area contributed by atoms with Crippen LogP contribution in [-0.4, -0.2) is 28.1 Å². The maximum atomic E-state index is 12.1. The van der Waals surface area contributed by atoms with E-state index in [9.17, 15) is 9.59 Å². The highest BCUT2D eigenvalue weighted by Gasteiger charge is 2.08. The second-order valence-electron chi connectivity index (χ2n) is 5.61. The highest BCUT2D eigenvalue weighted by atomic mass is 16.5. The number of carbonyl (C=O) groups excluding carboxylic acids is 2. The number of hydrogen-bond acceptors (Lipinski definition) is 6. The summed E-state index contributed by atoms with van der Waals surface area (Å²) in [4.78, 5) is 31.6. The molecule has 0 aliphatic rings. The van der Waals surface area contributed by atoms with Crippen molar-refractivity contribution in [1.29, 1.82) is 0 Å². The average molecular weight is 360 g/mol. The van der Waals surface area contributed by atoms with Gasteiger partial charge in [-0.1, -0.05) is 17.7 Å². The zero-order valence-corrected chi connectivity index (χ0v) is 14.5. The third kappa shape index (κ3) is 5.05. The highest BCUT2D eigenvalue weighted by molar-refractivity contribution is 5.93. The number of hydrazone groups is 1. The summed E-state index contributed by atoms with van der Waals surface area (Å²) >= 11 is 0. The van der Waals surface area contributed by atoms with Crippen molar-refractivity contribution in [2.45, 2.75) is 6.92 Å². The van der Waals surface area contributed by atoms with E-state index in [1.165, 1.54) is 24.8 Å². The van der Waals surface area contributed by atoms with E-state index in [0.29, 0.717) is 11.3 Å². The first-order chi connectivity index (χ1) is 13.1. The summed E-state index contributed by atoms with van der Waals surface area (Å²) in [5, 5.41) is 3.86. The van der Waals surface area contributed by atoms with Crippen LogP contribution < -0.4 is 10.2 Å². The highest BCUT2D eigenvalue weighted by Crippen LogP contribution is 2.14. The molecular weight excluding hydrogens is 344 g/mol. The molecule has 0 aliphatic heterocycles. The largest absolute Gasteiger partial charge is 0.423 e. The lowest BCUT2D eigenvalue weighted by atomic mass is 10.1.